The van der Waals surface area contributed by atoms with E-state index < -0.39 is 0 Å². The maximum Gasteiger partial charge on any atom is 0.241 e. The monoisotopic (exact) mass is 456 g/mol. The van der Waals surface area contributed by atoms with Crippen LogP contribution < -0.4 is 10.2 Å². The summed E-state index contributed by atoms with van der Waals surface area (Å²) < 4.78 is 15.4. The van der Waals surface area contributed by atoms with E-state index in [0.29, 0.717) is 19.1 Å². The first kappa shape index (κ1) is 22.8. The number of aromatic nitrogens is 1. The van der Waals surface area contributed by atoms with Crippen molar-refractivity contribution < 1.29 is 9.18 Å². The summed E-state index contributed by atoms with van der Waals surface area (Å²) in [5.41, 5.74) is 6.06. The van der Waals surface area contributed by atoms with E-state index in [0.717, 1.165) is 43.7 Å². The van der Waals surface area contributed by atoms with Crippen LogP contribution in [0.1, 0.15) is 23.7 Å². The molecular weight excluding hydrogens is 427 g/mol. The van der Waals surface area contributed by atoms with Gasteiger partial charge in [-0.2, -0.15) is 0 Å². The molecule has 1 aromatic heterocycles. The quantitative estimate of drug-likeness (QED) is 0.651. The molecule has 0 aliphatic carbocycles. The second-order valence-electron chi connectivity index (χ2n) is 8.87. The van der Waals surface area contributed by atoms with Crippen molar-refractivity contribution in [3.8, 4) is 0 Å². The highest BCUT2D eigenvalue weighted by Crippen LogP contribution is 2.32. The van der Waals surface area contributed by atoms with E-state index in [9.17, 15) is 9.18 Å². The summed E-state index contributed by atoms with van der Waals surface area (Å²) in [7, 11) is 2.14. The predicted octanol–water partition coefficient (Wildman–Crippen LogP) is 3.66. The van der Waals surface area contributed by atoms with Crippen molar-refractivity contribution in [1.82, 2.24) is 14.8 Å². The molecule has 5 rings (SSSR count). The summed E-state index contributed by atoms with van der Waals surface area (Å²) in [6, 6.07) is 13.5. The topological polar surface area (TPSA) is 40.5 Å². The van der Waals surface area contributed by atoms with Crippen LogP contribution in [0.5, 0.6) is 0 Å². The molecule has 0 spiro atoms. The van der Waals surface area contributed by atoms with E-state index in [2.05, 4.69) is 47.0 Å². The van der Waals surface area contributed by atoms with Gasteiger partial charge in [-0.3, -0.25) is 9.69 Å². The average molecular weight is 457 g/mol. The second kappa shape index (κ2) is 9.22. The number of benzene rings is 2. The Hall–Kier alpha value is -2.41. The Balaban J connectivity index is 0.00000245. The lowest BCUT2D eigenvalue weighted by Gasteiger charge is -2.34. The van der Waals surface area contributed by atoms with E-state index in [1.807, 2.05) is 17.0 Å². The predicted molar refractivity (Wildman–Crippen MR) is 129 cm³/mol. The van der Waals surface area contributed by atoms with Crippen molar-refractivity contribution in [3.63, 3.8) is 0 Å². The van der Waals surface area contributed by atoms with Crippen LogP contribution in [0.25, 0.3) is 10.9 Å². The molecule has 7 heteroatoms. The fourth-order valence-corrected chi connectivity index (χ4v) is 4.94. The van der Waals surface area contributed by atoms with Crippen molar-refractivity contribution in [2.24, 2.45) is 7.05 Å². The Bertz CT molecular complexity index is 1130. The van der Waals surface area contributed by atoms with Crippen molar-refractivity contribution in [3.05, 3.63) is 65.1 Å². The van der Waals surface area contributed by atoms with Gasteiger partial charge in [0.2, 0.25) is 5.91 Å². The molecular formula is C25H30ClFN4O. The first-order valence-electron chi connectivity index (χ1n) is 11.1. The van der Waals surface area contributed by atoms with Gasteiger partial charge in [-0.05, 0) is 48.7 Å². The fraction of sp³-hybridized carbons (Fsp3) is 0.400. The summed E-state index contributed by atoms with van der Waals surface area (Å²) in [6.45, 7) is 5.88. The standard InChI is InChI=1S/C25H29FN4O.ClH/c1-17-13-23-22(15-27-17)21-8-7-20(14-24(21)28(23)2)30-12-11-29(16-25(30)31)10-9-18-3-5-19(26)6-4-18;/h3-8,14,17,27H,9-13,15-16H2,1-2H3;1H. The minimum Gasteiger partial charge on any atom is -0.347 e. The summed E-state index contributed by atoms with van der Waals surface area (Å²) in [5.74, 6) is -0.0756. The number of fused-ring (bicyclic) bond motifs is 3. The molecule has 1 atom stereocenters. The van der Waals surface area contributed by atoms with Gasteiger partial charge in [0.15, 0.2) is 0 Å². The third-order valence-corrected chi connectivity index (χ3v) is 6.79. The van der Waals surface area contributed by atoms with E-state index >= 15 is 0 Å². The zero-order valence-electron chi connectivity index (χ0n) is 18.6. The molecule has 170 valence electrons. The van der Waals surface area contributed by atoms with Gasteiger partial charge in [0.1, 0.15) is 5.82 Å². The van der Waals surface area contributed by atoms with Gasteiger partial charge in [0.25, 0.3) is 0 Å². The molecule has 3 heterocycles. The molecule has 2 aliphatic rings. The number of carbonyl (C=O) groups is 1. The number of hydrogen-bond acceptors (Lipinski definition) is 3. The highest BCUT2D eigenvalue weighted by molar-refractivity contribution is 5.98. The number of nitrogens with one attached hydrogen (secondary N) is 1. The number of carbonyl (C=O) groups excluding carboxylic acids is 1. The Morgan fingerprint density at radius 2 is 1.91 bits per heavy atom. The molecule has 0 radical (unpaired) electrons. The normalized spacial score (nSPS) is 19.2. The zero-order valence-corrected chi connectivity index (χ0v) is 19.4. The number of anilines is 1. The van der Waals surface area contributed by atoms with Gasteiger partial charge >= 0.3 is 0 Å². The molecule has 1 saturated heterocycles. The average Bonchev–Trinajstić information content (AvgIpc) is 3.04. The minimum absolute atomic E-state index is 0. The Labute approximate surface area is 194 Å². The lowest BCUT2D eigenvalue weighted by Crippen LogP contribution is -2.50. The Morgan fingerprint density at radius 1 is 1.12 bits per heavy atom. The Morgan fingerprint density at radius 3 is 2.66 bits per heavy atom. The SMILES string of the molecule is CC1Cc2c(c3ccc(N4CCN(CCc5ccc(F)cc5)CC4=O)cc3n2C)CN1.Cl. The van der Waals surface area contributed by atoms with Crippen LogP contribution in [0.3, 0.4) is 0 Å². The number of rotatable bonds is 4. The van der Waals surface area contributed by atoms with Gasteiger partial charge in [-0.1, -0.05) is 18.2 Å². The highest BCUT2D eigenvalue weighted by atomic mass is 35.5. The molecule has 1 unspecified atom stereocenters. The summed E-state index contributed by atoms with van der Waals surface area (Å²) in [5, 5.41) is 4.84. The molecule has 5 nitrogen and oxygen atoms in total. The van der Waals surface area contributed by atoms with Gasteiger partial charge in [-0.15, -0.1) is 12.4 Å². The van der Waals surface area contributed by atoms with Crippen LogP contribution in [0.4, 0.5) is 10.1 Å². The van der Waals surface area contributed by atoms with E-state index in [1.54, 1.807) is 0 Å². The van der Waals surface area contributed by atoms with Gasteiger partial charge in [-0.25, -0.2) is 4.39 Å². The number of halogens is 2. The maximum atomic E-state index is 13.1. The third-order valence-electron chi connectivity index (χ3n) is 6.79. The van der Waals surface area contributed by atoms with Crippen LogP contribution >= 0.6 is 12.4 Å². The molecule has 2 aliphatic heterocycles. The second-order valence-corrected chi connectivity index (χ2v) is 8.87. The number of nitrogens with zero attached hydrogens (tertiary/aromatic N) is 3. The van der Waals surface area contributed by atoms with Crippen LogP contribution in [-0.4, -0.2) is 47.6 Å². The molecule has 3 aromatic rings. The highest BCUT2D eigenvalue weighted by Gasteiger charge is 2.27. The van der Waals surface area contributed by atoms with Gasteiger partial charge in [0, 0.05) is 62.5 Å². The molecule has 0 saturated carbocycles. The van der Waals surface area contributed by atoms with Crippen LogP contribution in [0.15, 0.2) is 42.5 Å². The first-order chi connectivity index (χ1) is 15.0. The summed E-state index contributed by atoms with van der Waals surface area (Å²) in [4.78, 5) is 17.0. The lowest BCUT2D eigenvalue weighted by molar-refractivity contribution is -0.121. The lowest BCUT2D eigenvalue weighted by atomic mass is 10.0. The van der Waals surface area contributed by atoms with Crippen LogP contribution in [0, 0.1) is 5.82 Å². The molecule has 1 N–H and O–H groups in total. The maximum absolute atomic E-state index is 13.1. The molecule has 32 heavy (non-hydrogen) atoms. The van der Waals surface area contributed by atoms with Crippen LogP contribution in [-0.2, 0) is 31.2 Å². The number of piperazine rings is 1. The van der Waals surface area contributed by atoms with E-state index in [1.165, 1.54) is 34.3 Å². The molecule has 1 fully saturated rings. The fourth-order valence-electron chi connectivity index (χ4n) is 4.94. The molecule has 0 bridgehead atoms. The summed E-state index contributed by atoms with van der Waals surface area (Å²) >= 11 is 0. The zero-order chi connectivity index (χ0) is 21.5. The smallest absolute Gasteiger partial charge is 0.241 e. The van der Waals surface area contributed by atoms with Crippen molar-refractivity contribution >= 4 is 34.9 Å². The van der Waals surface area contributed by atoms with Crippen molar-refractivity contribution in [1.29, 1.82) is 0 Å². The van der Waals surface area contributed by atoms with Gasteiger partial charge in [0.05, 0.1) is 12.1 Å². The number of amides is 1. The summed E-state index contributed by atoms with van der Waals surface area (Å²) in [6.07, 6.45) is 1.85. The van der Waals surface area contributed by atoms with Crippen molar-refractivity contribution in [2.45, 2.75) is 32.4 Å². The van der Waals surface area contributed by atoms with E-state index in [4.69, 9.17) is 0 Å². The van der Waals surface area contributed by atoms with Gasteiger partial charge < -0.3 is 14.8 Å². The Kier molecular flexibility index (Phi) is 6.56. The minimum atomic E-state index is -0.214. The number of aryl methyl sites for hydroxylation is 1. The number of hydrogen-bond donors (Lipinski definition) is 1. The molecule has 2 aromatic carbocycles. The van der Waals surface area contributed by atoms with Crippen LogP contribution in [0.2, 0.25) is 0 Å². The van der Waals surface area contributed by atoms with Crippen molar-refractivity contribution in [2.75, 3.05) is 31.1 Å². The van der Waals surface area contributed by atoms with E-state index in [-0.39, 0.29) is 24.1 Å². The largest absolute Gasteiger partial charge is 0.347 e. The molecule has 1 amide bonds. The third kappa shape index (κ3) is 4.27. The first-order valence-corrected chi connectivity index (χ1v) is 11.1.